The number of hydrogen-bond donors (Lipinski definition) is 1. The zero-order chi connectivity index (χ0) is 15.1. The molecule has 0 heterocycles. The summed E-state index contributed by atoms with van der Waals surface area (Å²) in [5, 5.41) is 9.25. The lowest BCUT2D eigenvalue weighted by molar-refractivity contribution is -0.138. The second-order valence-electron chi connectivity index (χ2n) is 5.66. The van der Waals surface area contributed by atoms with E-state index in [2.05, 4.69) is 12.1 Å². The molecule has 1 aliphatic rings. The van der Waals surface area contributed by atoms with Crippen LogP contribution in [0.1, 0.15) is 31.2 Å². The topological polar surface area (TPSA) is 49.8 Å². The Morgan fingerprint density at radius 2 is 1.90 bits per heavy atom. The van der Waals surface area contributed by atoms with Crippen LogP contribution in [0.3, 0.4) is 0 Å². The van der Waals surface area contributed by atoms with Crippen LogP contribution in [0, 0.1) is 0 Å². The molecule has 0 saturated heterocycles. The number of carbonyl (C=O) groups is 1. The Kier molecular flexibility index (Phi) is 5.76. The van der Waals surface area contributed by atoms with Gasteiger partial charge in [-0.3, -0.25) is 4.79 Å². The maximum atomic E-state index is 13.1. The van der Waals surface area contributed by atoms with Crippen LogP contribution in [-0.4, -0.2) is 49.3 Å². The summed E-state index contributed by atoms with van der Waals surface area (Å²) in [6, 6.07) is 10.1. The fourth-order valence-electron chi connectivity index (χ4n) is 3.30. The molecule has 0 atom stereocenters. The minimum absolute atomic E-state index is 0.0136. The van der Waals surface area contributed by atoms with Crippen LogP contribution in [0.4, 0.5) is 0 Å². The standard InChI is InChI=1S/C17H25NO3/c1-21-14-12-18(11-13-19)16(20)17(9-5-6-10-17)15-7-3-2-4-8-15/h2-4,7-8,19H,5-6,9-14H2,1H3. The first kappa shape index (κ1) is 16.0. The molecule has 0 aliphatic heterocycles. The first-order valence-electron chi connectivity index (χ1n) is 7.69. The lowest BCUT2D eigenvalue weighted by Gasteiger charge is -2.34. The van der Waals surface area contributed by atoms with Gasteiger partial charge in [0.05, 0.1) is 18.6 Å². The molecule has 4 nitrogen and oxygen atoms in total. The average molecular weight is 291 g/mol. The number of nitrogens with zero attached hydrogens (tertiary/aromatic N) is 1. The van der Waals surface area contributed by atoms with Gasteiger partial charge in [-0.2, -0.15) is 0 Å². The van der Waals surface area contributed by atoms with Gasteiger partial charge in [-0.1, -0.05) is 43.2 Å². The van der Waals surface area contributed by atoms with E-state index in [1.54, 1.807) is 12.0 Å². The van der Waals surface area contributed by atoms with Gasteiger partial charge in [-0.15, -0.1) is 0 Å². The van der Waals surface area contributed by atoms with Crippen LogP contribution >= 0.6 is 0 Å². The van der Waals surface area contributed by atoms with Gasteiger partial charge in [-0.25, -0.2) is 0 Å². The normalized spacial score (nSPS) is 16.9. The molecule has 0 unspecified atom stereocenters. The Morgan fingerprint density at radius 3 is 2.48 bits per heavy atom. The fraction of sp³-hybridized carbons (Fsp3) is 0.588. The van der Waals surface area contributed by atoms with Crippen molar-refractivity contribution in [3.8, 4) is 0 Å². The minimum atomic E-state index is -0.413. The summed E-state index contributed by atoms with van der Waals surface area (Å²) < 4.78 is 5.09. The molecule has 1 fully saturated rings. The SMILES string of the molecule is COCCN(CCO)C(=O)C1(c2ccccc2)CCCC1. The van der Waals surface area contributed by atoms with E-state index in [1.807, 2.05) is 18.2 Å². The Morgan fingerprint density at radius 1 is 1.24 bits per heavy atom. The lowest BCUT2D eigenvalue weighted by Crippen LogP contribution is -2.47. The number of methoxy groups -OCH3 is 1. The average Bonchev–Trinajstić information content (AvgIpc) is 3.02. The second kappa shape index (κ2) is 7.57. The third-order valence-corrected chi connectivity index (χ3v) is 4.42. The number of carbonyl (C=O) groups excluding carboxylic acids is 1. The molecule has 0 aromatic heterocycles. The number of rotatable bonds is 7. The van der Waals surface area contributed by atoms with E-state index in [1.165, 1.54) is 0 Å². The summed E-state index contributed by atoms with van der Waals surface area (Å²) in [7, 11) is 1.63. The van der Waals surface area contributed by atoms with Crippen molar-refractivity contribution in [2.24, 2.45) is 0 Å². The van der Waals surface area contributed by atoms with Gasteiger partial charge in [0.1, 0.15) is 0 Å². The molecule has 0 radical (unpaired) electrons. The van der Waals surface area contributed by atoms with Crippen molar-refractivity contribution < 1.29 is 14.6 Å². The summed E-state index contributed by atoms with van der Waals surface area (Å²) in [5.74, 6) is 0.136. The fourth-order valence-corrected chi connectivity index (χ4v) is 3.30. The van der Waals surface area contributed by atoms with Crippen molar-refractivity contribution in [3.63, 3.8) is 0 Å². The summed E-state index contributed by atoms with van der Waals surface area (Å²) in [5.41, 5.74) is 0.692. The monoisotopic (exact) mass is 291 g/mol. The van der Waals surface area contributed by atoms with E-state index < -0.39 is 5.41 Å². The molecular weight excluding hydrogens is 266 g/mol. The summed E-state index contributed by atoms with van der Waals surface area (Å²) in [4.78, 5) is 14.9. The highest BCUT2D eigenvalue weighted by molar-refractivity contribution is 5.88. The van der Waals surface area contributed by atoms with Crippen molar-refractivity contribution in [2.45, 2.75) is 31.1 Å². The largest absolute Gasteiger partial charge is 0.395 e. The number of hydrogen-bond acceptors (Lipinski definition) is 3. The maximum absolute atomic E-state index is 13.1. The Labute approximate surface area is 126 Å². The first-order valence-corrected chi connectivity index (χ1v) is 7.69. The zero-order valence-corrected chi connectivity index (χ0v) is 12.8. The van der Waals surface area contributed by atoms with Gasteiger partial charge < -0.3 is 14.7 Å². The molecule has 4 heteroatoms. The van der Waals surface area contributed by atoms with Crippen molar-refractivity contribution in [2.75, 3.05) is 33.4 Å². The third-order valence-electron chi connectivity index (χ3n) is 4.42. The molecule has 1 aromatic carbocycles. The number of amides is 1. The van der Waals surface area contributed by atoms with E-state index in [4.69, 9.17) is 4.74 Å². The number of aliphatic hydroxyl groups is 1. The van der Waals surface area contributed by atoms with Gasteiger partial charge in [0.25, 0.3) is 0 Å². The van der Waals surface area contributed by atoms with Crippen LogP contribution < -0.4 is 0 Å². The predicted octanol–water partition coefficient (Wildman–Crippen LogP) is 1.97. The van der Waals surface area contributed by atoms with E-state index in [9.17, 15) is 9.90 Å². The number of ether oxygens (including phenoxy) is 1. The molecule has 1 aliphatic carbocycles. The highest BCUT2D eigenvalue weighted by atomic mass is 16.5. The lowest BCUT2D eigenvalue weighted by atomic mass is 9.77. The predicted molar refractivity (Wildman–Crippen MR) is 82.1 cm³/mol. The molecule has 1 aromatic rings. The maximum Gasteiger partial charge on any atom is 0.233 e. The first-order chi connectivity index (χ1) is 10.2. The number of benzene rings is 1. The molecular formula is C17H25NO3. The van der Waals surface area contributed by atoms with Crippen molar-refractivity contribution in [1.29, 1.82) is 0 Å². The highest BCUT2D eigenvalue weighted by Gasteiger charge is 2.44. The van der Waals surface area contributed by atoms with Crippen LogP contribution in [0.15, 0.2) is 30.3 Å². The Balaban J connectivity index is 2.26. The summed E-state index contributed by atoms with van der Waals surface area (Å²) in [6.45, 7) is 1.39. The van der Waals surface area contributed by atoms with E-state index in [0.29, 0.717) is 19.7 Å². The van der Waals surface area contributed by atoms with E-state index in [-0.39, 0.29) is 12.5 Å². The van der Waals surface area contributed by atoms with Crippen LogP contribution in [0.25, 0.3) is 0 Å². The van der Waals surface area contributed by atoms with Crippen LogP contribution in [-0.2, 0) is 14.9 Å². The quantitative estimate of drug-likeness (QED) is 0.835. The van der Waals surface area contributed by atoms with Crippen molar-refractivity contribution in [3.05, 3.63) is 35.9 Å². The van der Waals surface area contributed by atoms with Gasteiger partial charge >= 0.3 is 0 Å². The van der Waals surface area contributed by atoms with E-state index >= 15 is 0 Å². The van der Waals surface area contributed by atoms with Crippen molar-refractivity contribution >= 4 is 5.91 Å². The Bertz CT molecular complexity index is 441. The van der Waals surface area contributed by atoms with Gasteiger partial charge in [-0.05, 0) is 18.4 Å². The van der Waals surface area contributed by atoms with Crippen molar-refractivity contribution in [1.82, 2.24) is 4.90 Å². The molecule has 1 amide bonds. The smallest absolute Gasteiger partial charge is 0.233 e. The molecule has 2 rings (SSSR count). The molecule has 116 valence electrons. The van der Waals surface area contributed by atoms with Gasteiger partial charge in [0, 0.05) is 20.2 Å². The van der Waals surface area contributed by atoms with Gasteiger partial charge in [0.15, 0.2) is 0 Å². The van der Waals surface area contributed by atoms with Gasteiger partial charge in [0.2, 0.25) is 5.91 Å². The molecule has 1 N–H and O–H groups in total. The van der Waals surface area contributed by atoms with Crippen LogP contribution in [0.2, 0.25) is 0 Å². The summed E-state index contributed by atoms with van der Waals surface area (Å²) >= 11 is 0. The third kappa shape index (κ3) is 3.44. The Hall–Kier alpha value is -1.39. The molecule has 0 spiro atoms. The minimum Gasteiger partial charge on any atom is -0.395 e. The molecule has 1 saturated carbocycles. The van der Waals surface area contributed by atoms with Crippen LogP contribution in [0.5, 0.6) is 0 Å². The highest BCUT2D eigenvalue weighted by Crippen LogP contribution is 2.42. The zero-order valence-electron chi connectivity index (χ0n) is 12.8. The second-order valence-corrected chi connectivity index (χ2v) is 5.66. The molecule has 21 heavy (non-hydrogen) atoms. The van der Waals surface area contributed by atoms with E-state index in [0.717, 1.165) is 31.2 Å². The molecule has 0 bridgehead atoms. The summed E-state index contributed by atoms with van der Waals surface area (Å²) in [6.07, 6.45) is 3.95. The number of aliphatic hydroxyl groups excluding tert-OH is 1.